The maximum atomic E-state index is 12.0. The predicted molar refractivity (Wildman–Crippen MR) is 70.7 cm³/mol. The lowest BCUT2D eigenvalue weighted by atomic mass is 10.1. The molecule has 0 bridgehead atoms. The number of benzene rings is 1. The Morgan fingerprint density at radius 1 is 1.61 bits per heavy atom. The normalized spacial score (nSPS) is 12.2. The minimum atomic E-state index is -0.331. The van der Waals surface area contributed by atoms with Crippen molar-refractivity contribution < 1.29 is 14.6 Å². The van der Waals surface area contributed by atoms with Gasteiger partial charge in [0.1, 0.15) is 0 Å². The van der Waals surface area contributed by atoms with Gasteiger partial charge >= 0.3 is 0 Å². The van der Waals surface area contributed by atoms with Gasteiger partial charge in [-0.05, 0) is 24.6 Å². The van der Waals surface area contributed by atoms with Crippen LogP contribution in [0.25, 0.3) is 0 Å². The molecular formula is C12H17ClN2O3. The number of ether oxygens (including phenoxy) is 1. The molecule has 0 spiro atoms. The molecular weight excluding hydrogens is 256 g/mol. The number of carbonyl (C=O) groups excluding carboxylic acids is 1. The molecule has 0 radical (unpaired) electrons. The highest BCUT2D eigenvalue weighted by Crippen LogP contribution is 2.18. The second-order valence-electron chi connectivity index (χ2n) is 3.88. The van der Waals surface area contributed by atoms with Crippen molar-refractivity contribution in [2.24, 2.45) is 0 Å². The monoisotopic (exact) mass is 272 g/mol. The van der Waals surface area contributed by atoms with Crippen LogP contribution in [0, 0.1) is 0 Å². The number of hydrogen-bond acceptors (Lipinski definition) is 4. The van der Waals surface area contributed by atoms with Gasteiger partial charge in [0.15, 0.2) is 0 Å². The van der Waals surface area contributed by atoms with E-state index in [-0.39, 0.29) is 18.6 Å². The van der Waals surface area contributed by atoms with E-state index in [4.69, 9.17) is 27.2 Å². The smallest absolute Gasteiger partial charge is 0.253 e. The van der Waals surface area contributed by atoms with Crippen LogP contribution in [0.5, 0.6) is 0 Å². The molecule has 18 heavy (non-hydrogen) atoms. The van der Waals surface area contributed by atoms with Crippen molar-refractivity contribution in [3.8, 4) is 0 Å². The average molecular weight is 273 g/mol. The minimum absolute atomic E-state index is 0.0288. The quantitative estimate of drug-likeness (QED) is 0.676. The molecule has 0 aliphatic rings. The largest absolute Gasteiger partial charge is 0.399 e. The van der Waals surface area contributed by atoms with Gasteiger partial charge in [-0.15, -0.1) is 0 Å². The number of anilines is 1. The Morgan fingerprint density at radius 2 is 2.33 bits per heavy atom. The molecule has 0 aromatic heterocycles. The summed E-state index contributed by atoms with van der Waals surface area (Å²) in [6, 6.07) is 4.45. The van der Waals surface area contributed by atoms with Crippen molar-refractivity contribution in [1.29, 1.82) is 0 Å². The zero-order chi connectivity index (χ0) is 13.5. The van der Waals surface area contributed by atoms with Gasteiger partial charge in [0.25, 0.3) is 5.91 Å². The van der Waals surface area contributed by atoms with Gasteiger partial charge in [0.05, 0.1) is 23.2 Å². The first-order chi connectivity index (χ1) is 8.58. The highest BCUT2D eigenvalue weighted by molar-refractivity contribution is 6.34. The van der Waals surface area contributed by atoms with Gasteiger partial charge in [-0.25, -0.2) is 0 Å². The third-order valence-corrected chi connectivity index (χ3v) is 2.75. The number of nitrogen functional groups attached to an aromatic ring is 1. The van der Waals surface area contributed by atoms with E-state index in [0.29, 0.717) is 29.3 Å². The maximum absolute atomic E-state index is 12.0. The summed E-state index contributed by atoms with van der Waals surface area (Å²) in [7, 11) is 1.53. The molecule has 0 aliphatic carbocycles. The summed E-state index contributed by atoms with van der Waals surface area (Å²) in [6.07, 6.45) is 0.416. The third-order valence-electron chi connectivity index (χ3n) is 2.42. The van der Waals surface area contributed by atoms with Crippen LogP contribution >= 0.6 is 11.6 Å². The molecule has 1 unspecified atom stereocenters. The van der Waals surface area contributed by atoms with Gasteiger partial charge in [0, 0.05) is 19.4 Å². The molecule has 0 saturated heterocycles. The Bertz CT molecular complexity index is 406. The van der Waals surface area contributed by atoms with Crippen molar-refractivity contribution >= 4 is 23.2 Å². The molecule has 6 heteroatoms. The maximum Gasteiger partial charge on any atom is 0.253 e. The van der Waals surface area contributed by atoms with E-state index in [1.165, 1.54) is 13.2 Å². The lowest BCUT2D eigenvalue weighted by molar-refractivity contribution is 0.0879. The second-order valence-corrected chi connectivity index (χ2v) is 4.28. The van der Waals surface area contributed by atoms with Gasteiger partial charge in [-0.1, -0.05) is 11.6 Å². The lowest BCUT2D eigenvalue weighted by Gasteiger charge is -2.17. The molecule has 0 saturated carbocycles. The summed E-state index contributed by atoms with van der Waals surface area (Å²) in [5.41, 5.74) is 6.39. The first-order valence-electron chi connectivity index (χ1n) is 5.54. The molecule has 1 rings (SSSR count). The number of carbonyl (C=O) groups is 1. The van der Waals surface area contributed by atoms with Crippen molar-refractivity contribution in [1.82, 2.24) is 5.32 Å². The van der Waals surface area contributed by atoms with Crippen LogP contribution in [0.4, 0.5) is 5.69 Å². The average Bonchev–Trinajstić information content (AvgIpc) is 2.33. The number of rotatable bonds is 6. The van der Waals surface area contributed by atoms with E-state index in [1.807, 2.05) is 0 Å². The van der Waals surface area contributed by atoms with Crippen LogP contribution in [-0.2, 0) is 4.74 Å². The van der Waals surface area contributed by atoms with E-state index < -0.39 is 0 Å². The number of methoxy groups -OCH3 is 1. The zero-order valence-corrected chi connectivity index (χ0v) is 10.9. The van der Waals surface area contributed by atoms with Gasteiger partial charge in [0.2, 0.25) is 0 Å². The highest BCUT2D eigenvalue weighted by atomic mass is 35.5. The van der Waals surface area contributed by atoms with E-state index in [2.05, 4.69) is 5.32 Å². The van der Waals surface area contributed by atoms with Crippen molar-refractivity contribution in [3.63, 3.8) is 0 Å². The number of aliphatic hydroxyl groups excluding tert-OH is 1. The number of nitrogens with one attached hydrogen (secondary N) is 1. The van der Waals surface area contributed by atoms with Gasteiger partial charge in [-0.3, -0.25) is 4.79 Å². The number of halogens is 1. The highest BCUT2D eigenvalue weighted by Gasteiger charge is 2.15. The van der Waals surface area contributed by atoms with Crippen LogP contribution in [0.15, 0.2) is 18.2 Å². The van der Waals surface area contributed by atoms with Gasteiger partial charge in [-0.2, -0.15) is 0 Å². The summed E-state index contributed by atoms with van der Waals surface area (Å²) in [5, 5.41) is 12.0. The zero-order valence-electron chi connectivity index (χ0n) is 10.1. The summed E-state index contributed by atoms with van der Waals surface area (Å²) >= 11 is 5.93. The van der Waals surface area contributed by atoms with Crippen LogP contribution in [0.2, 0.25) is 5.02 Å². The standard InChI is InChI=1S/C12H17ClN2O3/c1-18-7-9(4-5-16)15-12(17)10-6-8(14)2-3-11(10)13/h2-3,6,9,16H,4-5,7,14H2,1H3,(H,15,17). The summed E-state index contributed by atoms with van der Waals surface area (Å²) in [6.45, 7) is 0.297. The molecule has 1 aromatic carbocycles. The van der Waals surface area contributed by atoms with Crippen LogP contribution < -0.4 is 11.1 Å². The molecule has 0 fully saturated rings. The fraction of sp³-hybridized carbons (Fsp3) is 0.417. The first-order valence-corrected chi connectivity index (χ1v) is 5.92. The van der Waals surface area contributed by atoms with Crippen LogP contribution in [0.1, 0.15) is 16.8 Å². The number of hydrogen-bond donors (Lipinski definition) is 3. The Labute approximate surface area is 111 Å². The SMILES string of the molecule is COCC(CCO)NC(=O)c1cc(N)ccc1Cl. The topological polar surface area (TPSA) is 84.6 Å². The van der Waals surface area contributed by atoms with Crippen LogP contribution in [0.3, 0.4) is 0 Å². The molecule has 4 N–H and O–H groups in total. The number of amides is 1. The Morgan fingerprint density at radius 3 is 2.94 bits per heavy atom. The number of nitrogens with two attached hydrogens (primary N) is 1. The van der Waals surface area contributed by atoms with E-state index in [0.717, 1.165) is 0 Å². The Hall–Kier alpha value is -1.30. The summed E-state index contributed by atoms with van der Waals surface area (Å²) in [4.78, 5) is 12.0. The van der Waals surface area contributed by atoms with Crippen molar-refractivity contribution in [3.05, 3.63) is 28.8 Å². The second kappa shape index (κ2) is 7.20. The first kappa shape index (κ1) is 14.8. The Balaban J connectivity index is 2.76. The predicted octanol–water partition coefficient (Wildman–Crippen LogP) is 1.05. The minimum Gasteiger partial charge on any atom is -0.399 e. The van der Waals surface area contributed by atoms with Crippen LogP contribution in [-0.4, -0.2) is 37.4 Å². The van der Waals surface area contributed by atoms with Crippen molar-refractivity contribution in [2.75, 3.05) is 26.1 Å². The van der Waals surface area contributed by atoms with Gasteiger partial charge < -0.3 is 20.9 Å². The Kier molecular flexibility index (Phi) is 5.91. The molecule has 1 aromatic rings. The summed E-state index contributed by atoms with van der Waals surface area (Å²) in [5.74, 6) is -0.331. The molecule has 5 nitrogen and oxygen atoms in total. The molecule has 1 atom stereocenters. The van der Waals surface area contributed by atoms with Crippen molar-refractivity contribution in [2.45, 2.75) is 12.5 Å². The molecule has 100 valence electrons. The van der Waals surface area contributed by atoms with E-state index >= 15 is 0 Å². The van der Waals surface area contributed by atoms with E-state index in [9.17, 15) is 4.79 Å². The fourth-order valence-corrected chi connectivity index (χ4v) is 1.74. The molecule has 0 heterocycles. The van der Waals surface area contributed by atoms with E-state index in [1.54, 1.807) is 12.1 Å². The summed E-state index contributed by atoms with van der Waals surface area (Å²) < 4.78 is 4.96. The molecule has 1 amide bonds. The number of aliphatic hydroxyl groups is 1. The lowest BCUT2D eigenvalue weighted by Crippen LogP contribution is -2.38. The fourth-order valence-electron chi connectivity index (χ4n) is 1.53. The third kappa shape index (κ3) is 4.18. The molecule has 0 aliphatic heterocycles.